The van der Waals surface area contributed by atoms with Gasteiger partial charge in [-0.2, -0.15) is 0 Å². The molecule has 72 valence electrons. The van der Waals surface area contributed by atoms with Gasteiger partial charge in [-0.3, -0.25) is 0 Å². The van der Waals surface area contributed by atoms with Gasteiger partial charge in [-0.1, -0.05) is 0 Å². The number of halogens is 2. The van der Waals surface area contributed by atoms with Crippen molar-refractivity contribution in [3.63, 3.8) is 0 Å². The van der Waals surface area contributed by atoms with Gasteiger partial charge in [0.1, 0.15) is 21.8 Å². The molecule has 0 amide bonds. The molecular weight excluding hydrogens is 225 g/mol. The van der Waals surface area contributed by atoms with E-state index in [4.69, 9.17) is 0 Å². The molecule has 14 heavy (non-hydrogen) atoms. The Morgan fingerprint density at radius 2 is 1.79 bits per heavy atom. The summed E-state index contributed by atoms with van der Waals surface area (Å²) in [7, 11) is -4.86. The molecule has 0 aliphatic heterocycles. The zero-order chi connectivity index (χ0) is 10.2. The quantitative estimate of drug-likeness (QED) is 0.421. The summed E-state index contributed by atoms with van der Waals surface area (Å²) in [6.45, 7) is 1.05. The second-order valence-corrected chi connectivity index (χ2v) is 3.79. The van der Waals surface area contributed by atoms with Crippen molar-refractivity contribution in [3.05, 3.63) is 29.3 Å². The fourth-order valence-electron chi connectivity index (χ4n) is 0.830. The maximum absolute atomic E-state index is 12.9. The predicted octanol–water partition coefficient (Wildman–Crippen LogP) is -1.82. The predicted molar refractivity (Wildman–Crippen MR) is 39.1 cm³/mol. The first kappa shape index (κ1) is 14.0. The smallest absolute Gasteiger partial charge is 0.744 e. The molecule has 0 spiro atoms. The Morgan fingerprint density at radius 3 is 2.21 bits per heavy atom. The summed E-state index contributed by atoms with van der Waals surface area (Å²) >= 11 is 0. The van der Waals surface area contributed by atoms with Gasteiger partial charge in [-0.05, 0) is 19.1 Å². The maximum Gasteiger partial charge on any atom is 1.00 e. The van der Waals surface area contributed by atoms with Crippen molar-refractivity contribution in [2.24, 2.45) is 0 Å². The van der Waals surface area contributed by atoms with Gasteiger partial charge in [0.15, 0.2) is 0 Å². The van der Waals surface area contributed by atoms with Crippen molar-refractivity contribution in [2.45, 2.75) is 11.8 Å². The van der Waals surface area contributed by atoms with Crippen LogP contribution in [0, 0.1) is 18.6 Å². The van der Waals surface area contributed by atoms with Crippen LogP contribution in [0.4, 0.5) is 8.78 Å². The average Bonchev–Trinajstić information content (AvgIpc) is 1.98. The normalized spacial score (nSPS) is 10.9. The molecule has 0 aliphatic carbocycles. The second kappa shape index (κ2) is 4.67. The van der Waals surface area contributed by atoms with E-state index in [1.54, 1.807) is 0 Å². The molecular formula is C7H5F2NaO3S. The summed E-state index contributed by atoms with van der Waals surface area (Å²) in [5.74, 6) is -2.21. The van der Waals surface area contributed by atoms with Gasteiger partial charge in [0.2, 0.25) is 0 Å². The van der Waals surface area contributed by atoms with Gasteiger partial charge in [0, 0.05) is 5.56 Å². The summed E-state index contributed by atoms with van der Waals surface area (Å²) in [5.41, 5.74) is -0.475. The van der Waals surface area contributed by atoms with Crippen LogP contribution in [-0.4, -0.2) is 13.0 Å². The van der Waals surface area contributed by atoms with Crippen molar-refractivity contribution in [1.29, 1.82) is 0 Å². The summed E-state index contributed by atoms with van der Waals surface area (Å²) in [4.78, 5) is -1.02. The van der Waals surface area contributed by atoms with Crippen molar-refractivity contribution < 1.29 is 51.3 Å². The van der Waals surface area contributed by atoms with E-state index in [2.05, 4.69) is 0 Å². The van der Waals surface area contributed by atoms with E-state index in [0.29, 0.717) is 6.07 Å². The molecule has 1 rings (SSSR count). The Balaban J connectivity index is 0.00000169. The zero-order valence-electron chi connectivity index (χ0n) is 7.54. The summed E-state index contributed by atoms with van der Waals surface area (Å²) in [6, 6.07) is 1.35. The van der Waals surface area contributed by atoms with E-state index in [9.17, 15) is 21.8 Å². The Hall–Kier alpha value is -0.0100. The van der Waals surface area contributed by atoms with Crippen LogP contribution >= 0.6 is 0 Å². The minimum absolute atomic E-state index is 0. The van der Waals surface area contributed by atoms with Crippen LogP contribution in [0.2, 0.25) is 0 Å². The van der Waals surface area contributed by atoms with Gasteiger partial charge < -0.3 is 4.55 Å². The average molecular weight is 230 g/mol. The van der Waals surface area contributed by atoms with E-state index >= 15 is 0 Å². The number of hydrogen-bond donors (Lipinski definition) is 0. The molecule has 0 unspecified atom stereocenters. The number of hydrogen-bond acceptors (Lipinski definition) is 3. The van der Waals surface area contributed by atoms with Gasteiger partial charge in [0.05, 0.1) is 4.90 Å². The molecule has 7 heteroatoms. The van der Waals surface area contributed by atoms with Gasteiger partial charge in [-0.25, -0.2) is 17.2 Å². The summed E-state index contributed by atoms with van der Waals surface area (Å²) < 4.78 is 56.7. The Kier molecular flexibility index (Phi) is 4.67. The molecule has 3 nitrogen and oxygen atoms in total. The van der Waals surface area contributed by atoms with E-state index in [1.165, 1.54) is 0 Å². The van der Waals surface area contributed by atoms with Gasteiger partial charge >= 0.3 is 29.6 Å². The number of benzene rings is 1. The van der Waals surface area contributed by atoms with E-state index in [1.807, 2.05) is 0 Å². The topological polar surface area (TPSA) is 57.2 Å². The molecule has 0 heterocycles. The van der Waals surface area contributed by atoms with Crippen molar-refractivity contribution in [1.82, 2.24) is 0 Å². The third-order valence-electron chi connectivity index (χ3n) is 1.55. The molecule has 0 radical (unpaired) electrons. The van der Waals surface area contributed by atoms with Crippen LogP contribution in [-0.2, 0) is 10.1 Å². The third-order valence-corrected chi connectivity index (χ3v) is 2.41. The molecule has 0 bridgehead atoms. The molecule has 0 saturated heterocycles. The van der Waals surface area contributed by atoms with Crippen molar-refractivity contribution >= 4 is 10.1 Å². The second-order valence-electron chi connectivity index (χ2n) is 2.44. The molecule has 0 aromatic heterocycles. The van der Waals surface area contributed by atoms with E-state index in [0.717, 1.165) is 13.0 Å². The molecule has 1 aromatic rings. The van der Waals surface area contributed by atoms with Crippen LogP contribution < -0.4 is 29.6 Å². The van der Waals surface area contributed by atoms with Crippen LogP contribution in [0.15, 0.2) is 17.0 Å². The monoisotopic (exact) mass is 230 g/mol. The first-order valence-corrected chi connectivity index (χ1v) is 4.65. The summed E-state index contributed by atoms with van der Waals surface area (Å²) in [6.07, 6.45) is 0. The first-order valence-electron chi connectivity index (χ1n) is 3.24. The van der Waals surface area contributed by atoms with Gasteiger partial charge in [-0.15, -0.1) is 0 Å². The molecule has 1 aromatic carbocycles. The molecule has 0 atom stereocenters. The Bertz CT molecular complexity index is 444. The van der Waals surface area contributed by atoms with Crippen molar-refractivity contribution in [3.8, 4) is 0 Å². The largest absolute Gasteiger partial charge is 1.00 e. The first-order chi connectivity index (χ1) is 5.84. The van der Waals surface area contributed by atoms with Crippen molar-refractivity contribution in [2.75, 3.05) is 0 Å². The standard InChI is InChI=1S/C7H6F2O3S.Na/c1-4-5(8)2-3-6(7(4)9)13(10,11)12;/h2-3H,1H3,(H,10,11,12);/q;+1/p-1. The maximum atomic E-state index is 12.9. The SMILES string of the molecule is Cc1c(F)ccc(S(=O)(=O)[O-])c1F.[Na+]. The third kappa shape index (κ3) is 2.74. The fourth-order valence-corrected chi connectivity index (χ4v) is 1.44. The van der Waals surface area contributed by atoms with Crippen LogP contribution in [0.25, 0.3) is 0 Å². The fraction of sp³-hybridized carbons (Fsp3) is 0.143. The van der Waals surface area contributed by atoms with Crippen LogP contribution in [0.1, 0.15) is 5.56 Å². The van der Waals surface area contributed by atoms with Crippen LogP contribution in [0.3, 0.4) is 0 Å². The van der Waals surface area contributed by atoms with Crippen LogP contribution in [0.5, 0.6) is 0 Å². The van der Waals surface area contributed by atoms with E-state index < -0.39 is 32.2 Å². The summed E-state index contributed by atoms with van der Waals surface area (Å²) in [5, 5.41) is 0. The minimum Gasteiger partial charge on any atom is -0.744 e. The Morgan fingerprint density at radius 1 is 1.29 bits per heavy atom. The number of rotatable bonds is 1. The molecule has 0 saturated carbocycles. The minimum atomic E-state index is -4.86. The molecule has 0 fully saturated rings. The van der Waals surface area contributed by atoms with E-state index in [-0.39, 0.29) is 29.6 Å². The molecule has 0 aliphatic rings. The molecule has 0 N–H and O–H groups in total. The zero-order valence-corrected chi connectivity index (χ0v) is 10.4. The van der Waals surface area contributed by atoms with Gasteiger partial charge in [0.25, 0.3) is 0 Å². The Labute approximate surface area is 102 Å².